The minimum atomic E-state index is -0.198. The van der Waals surface area contributed by atoms with Gasteiger partial charge in [-0.25, -0.2) is 0 Å². The second-order valence-electron chi connectivity index (χ2n) is 5.56. The van der Waals surface area contributed by atoms with Crippen LogP contribution in [0, 0.1) is 5.92 Å². The van der Waals surface area contributed by atoms with Crippen LogP contribution in [0.1, 0.15) is 18.9 Å². The summed E-state index contributed by atoms with van der Waals surface area (Å²) in [5.74, 6) is 0.418. The summed E-state index contributed by atoms with van der Waals surface area (Å²) in [4.78, 5) is 6.82. The van der Waals surface area contributed by atoms with Crippen LogP contribution in [0.15, 0.2) is 36.5 Å². The molecule has 0 saturated carbocycles. The van der Waals surface area contributed by atoms with Crippen molar-refractivity contribution in [2.45, 2.75) is 26.0 Å². The second-order valence-corrected chi connectivity index (χ2v) is 5.56. The molecule has 0 aliphatic carbocycles. The third kappa shape index (κ3) is 2.62. The molecule has 3 rings (SSSR count). The fraction of sp³-hybridized carbons (Fsp3) is 0.438. The highest BCUT2D eigenvalue weighted by molar-refractivity contribution is 5.81. The highest BCUT2D eigenvalue weighted by atomic mass is 16.3. The van der Waals surface area contributed by atoms with E-state index in [0.29, 0.717) is 5.92 Å². The van der Waals surface area contributed by atoms with Gasteiger partial charge in [0.05, 0.1) is 11.6 Å². The van der Waals surface area contributed by atoms with Gasteiger partial charge in [-0.15, -0.1) is 0 Å². The average molecular weight is 256 g/mol. The van der Waals surface area contributed by atoms with E-state index in [2.05, 4.69) is 41.1 Å². The number of benzene rings is 1. The number of pyridine rings is 1. The van der Waals surface area contributed by atoms with E-state index in [1.54, 1.807) is 0 Å². The predicted octanol–water partition coefficient (Wildman–Crippen LogP) is 2.44. The second kappa shape index (κ2) is 5.27. The third-order valence-corrected chi connectivity index (χ3v) is 4.11. The van der Waals surface area contributed by atoms with Gasteiger partial charge in [-0.05, 0) is 30.5 Å². The van der Waals surface area contributed by atoms with Crippen LogP contribution in [-0.4, -0.2) is 34.2 Å². The highest BCUT2D eigenvalue weighted by Crippen LogP contribution is 2.22. The van der Waals surface area contributed by atoms with E-state index in [4.69, 9.17) is 0 Å². The molecule has 0 amide bonds. The van der Waals surface area contributed by atoms with Gasteiger partial charge < -0.3 is 5.11 Å². The van der Waals surface area contributed by atoms with Gasteiger partial charge in [0.15, 0.2) is 0 Å². The zero-order valence-corrected chi connectivity index (χ0v) is 11.3. The van der Waals surface area contributed by atoms with Crippen LogP contribution < -0.4 is 0 Å². The number of likely N-dealkylation sites (tertiary alicyclic amines) is 1. The summed E-state index contributed by atoms with van der Waals surface area (Å²) in [5, 5.41) is 11.2. The molecule has 3 nitrogen and oxygen atoms in total. The van der Waals surface area contributed by atoms with Gasteiger partial charge in [-0.1, -0.05) is 31.2 Å². The molecule has 100 valence electrons. The Bertz CT molecular complexity index is 564. The summed E-state index contributed by atoms with van der Waals surface area (Å²) >= 11 is 0. The first-order chi connectivity index (χ1) is 9.24. The predicted molar refractivity (Wildman–Crippen MR) is 76.8 cm³/mol. The van der Waals surface area contributed by atoms with Crippen molar-refractivity contribution in [2.24, 2.45) is 5.92 Å². The van der Waals surface area contributed by atoms with E-state index in [9.17, 15) is 5.11 Å². The molecule has 2 aromatic rings. The normalized spacial score (nSPS) is 24.7. The Morgan fingerprint density at radius 2 is 2.16 bits per heavy atom. The summed E-state index contributed by atoms with van der Waals surface area (Å²) in [6, 6.07) is 10.4. The molecule has 2 atom stereocenters. The van der Waals surface area contributed by atoms with E-state index in [-0.39, 0.29) is 6.10 Å². The summed E-state index contributed by atoms with van der Waals surface area (Å²) < 4.78 is 0. The molecule has 1 aliphatic heterocycles. The van der Waals surface area contributed by atoms with Gasteiger partial charge in [-0.3, -0.25) is 9.88 Å². The smallest absolute Gasteiger partial charge is 0.0746 e. The topological polar surface area (TPSA) is 36.4 Å². The number of aliphatic hydroxyl groups excluding tert-OH is 1. The van der Waals surface area contributed by atoms with Gasteiger partial charge in [0, 0.05) is 24.7 Å². The largest absolute Gasteiger partial charge is 0.392 e. The van der Waals surface area contributed by atoms with Crippen molar-refractivity contribution >= 4 is 10.9 Å². The first-order valence-corrected chi connectivity index (χ1v) is 6.97. The van der Waals surface area contributed by atoms with E-state index < -0.39 is 0 Å². The van der Waals surface area contributed by atoms with Crippen LogP contribution in [0.3, 0.4) is 0 Å². The number of rotatable bonds is 2. The van der Waals surface area contributed by atoms with Gasteiger partial charge in [0.2, 0.25) is 0 Å². The Morgan fingerprint density at radius 3 is 3.00 bits per heavy atom. The number of β-amino-alcohol motifs (C(OH)–C–C–N with tert-alkyl or cyclic N) is 1. The van der Waals surface area contributed by atoms with Crippen LogP contribution in [0.4, 0.5) is 0 Å². The summed E-state index contributed by atoms with van der Waals surface area (Å²) in [6.07, 6.45) is 2.72. The maximum Gasteiger partial charge on any atom is 0.0746 e. The maximum atomic E-state index is 9.98. The average Bonchev–Trinajstić information content (AvgIpc) is 2.43. The zero-order valence-electron chi connectivity index (χ0n) is 11.3. The molecule has 1 N–H and O–H groups in total. The van der Waals surface area contributed by atoms with Crippen LogP contribution >= 0.6 is 0 Å². The minimum Gasteiger partial charge on any atom is -0.392 e. The van der Waals surface area contributed by atoms with Crippen molar-refractivity contribution in [1.82, 2.24) is 9.88 Å². The van der Waals surface area contributed by atoms with Gasteiger partial charge >= 0.3 is 0 Å². The van der Waals surface area contributed by atoms with Crippen molar-refractivity contribution in [1.29, 1.82) is 0 Å². The number of nitrogens with zero attached hydrogens (tertiary/aromatic N) is 2. The van der Waals surface area contributed by atoms with Crippen molar-refractivity contribution < 1.29 is 5.11 Å². The van der Waals surface area contributed by atoms with E-state index in [1.165, 1.54) is 10.9 Å². The van der Waals surface area contributed by atoms with Gasteiger partial charge in [0.25, 0.3) is 0 Å². The molecular weight excluding hydrogens is 236 g/mol. The molecular formula is C16H20N2O. The molecule has 1 aliphatic rings. The Kier molecular flexibility index (Phi) is 3.49. The summed E-state index contributed by atoms with van der Waals surface area (Å²) in [6.45, 7) is 4.82. The lowest BCUT2D eigenvalue weighted by Gasteiger charge is -2.34. The lowest BCUT2D eigenvalue weighted by Crippen LogP contribution is -2.42. The molecule has 1 aromatic carbocycles. The number of aromatic nitrogens is 1. The molecule has 0 radical (unpaired) electrons. The van der Waals surface area contributed by atoms with Crippen molar-refractivity contribution in [3.8, 4) is 0 Å². The molecule has 0 spiro atoms. The Balaban J connectivity index is 1.82. The van der Waals surface area contributed by atoms with Crippen molar-refractivity contribution in [2.75, 3.05) is 13.1 Å². The third-order valence-electron chi connectivity index (χ3n) is 4.11. The maximum absolute atomic E-state index is 9.98. The molecule has 1 aromatic heterocycles. The lowest BCUT2D eigenvalue weighted by atomic mass is 9.95. The monoisotopic (exact) mass is 256 g/mol. The molecule has 3 heteroatoms. The van der Waals surface area contributed by atoms with Crippen molar-refractivity contribution in [3.05, 3.63) is 42.1 Å². The molecule has 1 saturated heterocycles. The Morgan fingerprint density at radius 1 is 1.32 bits per heavy atom. The van der Waals surface area contributed by atoms with E-state index in [1.807, 2.05) is 12.3 Å². The minimum absolute atomic E-state index is 0.198. The number of hydrogen-bond acceptors (Lipinski definition) is 3. The fourth-order valence-electron chi connectivity index (χ4n) is 2.79. The Hall–Kier alpha value is -1.45. The molecule has 2 heterocycles. The van der Waals surface area contributed by atoms with Crippen LogP contribution in [0.5, 0.6) is 0 Å². The van der Waals surface area contributed by atoms with Crippen LogP contribution in [0.25, 0.3) is 10.9 Å². The number of aliphatic hydroxyl groups is 1. The molecule has 2 unspecified atom stereocenters. The SMILES string of the molecule is CC1CCN(Cc2cccc3cccnc23)CC1O. The van der Waals surface area contributed by atoms with Crippen LogP contribution in [0.2, 0.25) is 0 Å². The lowest BCUT2D eigenvalue weighted by molar-refractivity contribution is 0.0260. The summed E-state index contributed by atoms with van der Waals surface area (Å²) in [7, 11) is 0. The van der Waals surface area contributed by atoms with E-state index >= 15 is 0 Å². The number of hydrogen-bond donors (Lipinski definition) is 1. The number of para-hydroxylation sites is 1. The standard InChI is InChI=1S/C16H20N2O/c1-12-7-9-18(11-15(12)19)10-14-5-2-4-13-6-3-8-17-16(13)14/h2-6,8,12,15,19H,7,9-11H2,1H3. The fourth-order valence-corrected chi connectivity index (χ4v) is 2.79. The van der Waals surface area contributed by atoms with Gasteiger partial charge in [0.1, 0.15) is 0 Å². The molecule has 1 fully saturated rings. The molecule has 19 heavy (non-hydrogen) atoms. The summed E-state index contributed by atoms with van der Waals surface area (Å²) in [5.41, 5.74) is 2.33. The van der Waals surface area contributed by atoms with Crippen molar-refractivity contribution in [3.63, 3.8) is 0 Å². The quantitative estimate of drug-likeness (QED) is 0.896. The van der Waals surface area contributed by atoms with Crippen LogP contribution in [-0.2, 0) is 6.54 Å². The van der Waals surface area contributed by atoms with E-state index in [0.717, 1.165) is 31.6 Å². The molecule has 0 bridgehead atoms. The number of piperidine rings is 1. The zero-order chi connectivity index (χ0) is 13.2. The highest BCUT2D eigenvalue weighted by Gasteiger charge is 2.24. The first kappa shape index (κ1) is 12.6. The number of fused-ring (bicyclic) bond motifs is 1. The Labute approximate surface area is 113 Å². The van der Waals surface area contributed by atoms with Gasteiger partial charge in [-0.2, -0.15) is 0 Å². The first-order valence-electron chi connectivity index (χ1n) is 6.97.